The fourth-order valence-corrected chi connectivity index (χ4v) is 3.04. The van der Waals surface area contributed by atoms with Gasteiger partial charge in [0.05, 0.1) is 5.52 Å². The normalized spacial score (nSPS) is 10.7. The lowest BCUT2D eigenvalue weighted by molar-refractivity contribution is 1.05. The molecule has 4 aromatic rings. The van der Waals surface area contributed by atoms with Gasteiger partial charge in [-0.3, -0.25) is 0 Å². The van der Waals surface area contributed by atoms with E-state index in [1.807, 2.05) is 54.6 Å². The molecular weight excluding hydrogens is 356 g/mol. The van der Waals surface area contributed by atoms with E-state index in [4.69, 9.17) is 11.6 Å². The molecule has 0 unspecified atom stereocenters. The molecule has 1 aromatic heterocycles. The summed E-state index contributed by atoms with van der Waals surface area (Å²) in [7, 11) is 0. The molecule has 1 heterocycles. The Morgan fingerprint density at radius 2 is 1.33 bits per heavy atom. The number of aromatic nitrogens is 2. The van der Waals surface area contributed by atoms with E-state index in [1.165, 1.54) is 11.1 Å². The number of halogens is 1. The molecule has 0 aliphatic heterocycles. The first-order valence-corrected chi connectivity index (χ1v) is 9.18. The Bertz CT molecular complexity index is 1040. The van der Waals surface area contributed by atoms with Gasteiger partial charge in [0, 0.05) is 23.5 Å². The lowest BCUT2D eigenvalue weighted by Gasteiger charge is -2.12. The van der Waals surface area contributed by atoms with Crippen molar-refractivity contribution in [3.63, 3.8) is 0 Å². The zero-order valence-corrected chi connectivity index (χ0v) is 15.4. The van der Waals surface area contributed by atoms with Gasteiger partial charge in [-0.2, -0.15) is 4.98 Å². The summed E-state index contributed by atoms with van der Waals surface area (Å²) >= 11 is 6.17. The highest BCUT2D eigenvalue weighted by molar-refractivity contribution is 6.31. The van der Waals surface area contributed by atoms with Gasteiger partial charge in [0.1, 0.15) is 5.82 Å². The monoisotopic (exact) mass is 374 g/mol. The van der Waals surface area contributed by atoms with E-state index in [-0.39, 0.29) is 0 Å². The molecule has 0 fully saturated rings. The SMILES string of the molecule is Clc1ccc2c(NCc3ccccc3)nc(NCc3ccccc3)nc2c1. The van der Waals surface area contributed by atoms with Crippen molar-refractivity contribution in [3.8, 4) is 0 Å². The standard InChI is InChI=1S/C22H19ClN4/c23-18-11-12-19-20(13-18)26-22(25-15-17-9-5-2-6-10-17)27-21(19)24-14-16-7-3-1-4-8-16/h1-13H,14-15H2,(H2,24,25,26,27). The smallest absolute Gasteiger partial charge is 0.225 e. The molecule has 134 valence electrons. The third kappa shape index (κ3) is 4.36. The topological polar surface area (TPSA) is 49.8 Å². The van der Waals surface area contributed by atoms with E-state index in [9.17, 15) is 0 Å². The van der Waals surface area contributed by atoms with Gasteiger partial charge in [0.25, 0.3) is 0 Å². The van der Waals surface area contributed by atoms with Crippen molar-refractivity contribution >= 4 is 34.3 Å². The number of hydrogen-bond acceptors (Lipinski definition) is 4. The van der Waals surface area contributed by atoms with E-state index in [0.29, 0.717) is 24.1 Å². The minimum atomic E-state index is 0.573. The number of benzene rings is 3. The van der Waals surface area contributed by atoms with E-state index < -0.39 is 0 Å². The van der Waals surface area contributed by atoms with Crippen molar-refractivity contribution in [2.45, 2.75) is 13.1 Å². The van der Waals surface area contributed by atoms with Gasteiger partial charge in [-0.25, -0.2) is 4.98 Å². The summed E-state index contributed by atoms with van der Waals surface area (Å²) in [6.07, 6.45) is 0. The van der Waals surface area contributed by atoms with Crippen LogP contribution < -0.4 is 10.6 Å². The Morgan fingerprint density at radius 3 is 2.00 bits per heavy atom. The summed E-state index contributed by atoms with van der Waals surface area (Å²) in [4.78, 5) is 9.30. The minimum absolute atomic E-state index is 0.573. The molecule has 27 heavy (non-hydrogen) atoms. The maximum Gasteiger partial charge on any atom is 0.225 e. The molecule has 0 saturated heterocycles. The molecule has 0 saturated carbocycles. The Hall–Kier alpha value is -3.11. The molecule has 0 aliphatic rings. The van der Waals surface area contributed by atoms with E-state index in [2.05, 4.69) is 44.9 Å². The molecule has 0 amide bonds. The van der Waals surface area contributed by atoms with Gasteiger partial charge in [-0.1, -0.05) is 72.3 Å². The van der Waals surface area contributed by atoms with Crippen LogP contribution in [-0.4, -0.2) is 9.97 Å². The molecular formula is C22H19ClN4. The molecule has 0 aliphatic carbocycles. The second-order valence-corrected chi connectivity index (χ2v) is 6.67. The average Bonchev–Trinajstić information content (AvgIpc) is 2.71. The molecule has 5 heteroatoms. The minimum Gasteiger partial charge on any atom is -0.365 e. The molecule has 0 bridgehead atoms. The first-order valence-electron chi connectivity index (χ1n) is 8.81. The number of nitrogens with zero attached hydrogens (tertiary/aromatic N) is 2. The van der Waals surface area contributed by atoms with Gasteiger partial charge < -0.3 is 10.6 Å². The largest absolute Gasteiger partial charge is 0.365 e. The van der Waals surface area contributed by atoms with Gasteiger partial charge in [0.15, 0.2) is 0 Å². The molecule has 0 atom stereocenters. The van der Waals surface area contributed by atoms with Gasteiger partial charge in [-0.15, -0.1) is 0 Å². The molecule has 2 N–H and O–H groups in total. The van der Waals surface area contributed by atoms with Crippen molar-refractivity contribution in [2.75, 3.05) is 10.6 Å². The molecule has 4 rings (SSSR count). The number of rotatable bonds is 6. The summed E-state index contributed by atoms with van der Waals surface area (Å²) in [5, 5.41) is 8.34. The maximum absolute atomic E-state index is 6.17. The second kappa shape index (κ2) is 8.06. The van der Waals surface area contributed by atoms with Crippen LogP contribution in [0.1, 0.15) is 11.1 Å². The summed E-state index contributed by atoms with van der Waals surface area (Å²) < 4.78 is 0. The van der Waals surface area contributed by atoms with Crippen LogP contribution in [0.3, 0.4) is 0 Å². The molecule has 0 spiro atoms. The van der Waals surface area contributed by atoms with Crippen molar-refractivity contribution in [1.82, 2.24) is 9.97 Å². The third-order valence-corrected chi connectivity index (χ3v) is 4.49. The summed E-state index contributed by atoms with van der Waals surface area (Å²) in [6.45, 7) is 1.35. The Morgan fingerprint density at radius 1 is 0.704 bits per heavy atom. The number of anilines is 2. The van der Waals surface area contributed by atoms with E-state index in [1.54, 1.807) is 0 Å². The quantitative estimate of drug-likeness (QED) is 0.467. The molecule has 4 nitrogen and oxygen atoms in total. The predicted octanol–water partition coefficient (Wildman–Crippen LogP) is 5.51. The van der Waals surface area contributed by atoms with Crippen LogP contribution in [-0.2, 0) is 13.1 Å². The highest BCUT2D eigenvalue weighted by Crippen LogP contribution is 2.25. The van der Waals surface area contributed by atoms with Crippen LogP contribution in [0.2, 0.25) is 5.02 Å². The van der Waals surface area contributed by atoms with Crippen molar-refractivity contribution < 1.29 is 0 Å². The first-order chi connectivity index (χ1) is 13.3. The van der Waals surface area contributed by atoms with Crippen LogP contribution in [0.15, 0.2) is 78.9 Å². The average molecular weight is 375 g/mol. The summed E-state index contributed by atoms with van der Waals surface area (Å²) in [5.41, 5.74) is 3.17. The molecule has 0 radical (unpaired) electrons. The van der Waals surface area contributed by atoms with Crippen molar-refractivity contribution in [3.05, 3.63) is 95.0 Å². The van der Waals surface area contributed by atoms with Crippen LogP contribution in [0.25, 0.3) is 10.9 Å². The highest BCUT2D eigenvalue weighted by atomic mass is 35.5. The number of hydrogen-bond donors (Lipinski definition) is 2. The number of nitrogens with one attached hydrogen (secondary N) is 2. The summed E-state index contributed by atoms with van der Waals surface area (Å²) in [6, 6.07) is 26.1. The van der Waals surface area contributed by atoms with Crippen LogP contribution in [0, 0.1) is 0 Å². The van der Waals surface area contributed by atoms with E-state index in [0.717, 1.165) is 16.7 Å². The Balaban J connectivity index is 1.61. The molecule has 3 aromatic carbocycles. The van der Waals surface area contributed by atoms with Crippen LogP contribution in [0.5, 0.6) is 0 Å². The Labute approximate surface area is 163 Å². The summed E-state index contributed by atoms with van der Waals surface area (Å²) in [5.74, 6) is 1.36. The highest BCUT2D eigenvalue weighted by Gasteiger charge is 2.08. The zero-order valence-electron chi connectivity index (χ0n) is 14.7. The fourth-order valence-electron chi connectivity index (χ4n) is 2.88. The van der Waals surface area contributed by atoms with Crippen molar-refractivity contribution in [2.24, 2.45) is 0 Å². The zero-order chi connectivity index (χ0) is 18.5. The van der Waals surface area contributed by atoms with Crippen LogP contribution >= 0.6 is 11.6 Å². The third-order valence-electron chi connectivity index (χ3n) is 4.26. The second-order valence-electron chi connectivity index (χ2n) is 6.24. The van der Waals surface area contributed by atoms with Gasteiger partial charge >= 0.3 is 0 Å². The van der Waals surface area contributed by atoms with Crippen molar-refractivity contribution in [1.29, 1.82) is 0 Å². The first kappa shape index (κ1) is 17.3. The number of fused-ring (bicyclic) bond motifs is 1. The Kier molecular flexibility index (Phi) is 5.17. The van der Waals surface area contributed by atoms with Crippen LogP contribution in [0.4, 0.5) is 11.8 Å². The van der Waals surface area contributed by atoms with Gasteiger partial charge in [-0.05, 0) is 29.3 Å². The van der Waals surface area contributed by atoms with Gasteiger partial charge in [0.2, 0.25) is 5.95 Å². The lowest BCUT2D eigenvalue weighted by atomic mass is 10.2. The maximum atomic E-state index is 6.17. The van der Waals surface area contributed by atoms with E-state index >= 15 is 0 Å². The lowest BCUT2D eigenvalue weighted by Crippen LogP contribution is -2.08. The predicted molar refractivity (Wildman–Crippen MR) is 112 cm³/mol. The fraction of sp³-hybridized carbons (Fsp3) is 0.0909.